The lowest BCUT2D eigenvalue weighted by molar-refractivity contribution is 0.0697. The number of carboxylic acid groups (broad SMARTS) is 1. The van der Waals surface area contributed by atoms with Gasteiger partial charge in [0.1, 0.15) is 11.3 Å². The Labute approximate surface area is 117 Å². The van der Waals surface area contributed by atoms with Gasteiger partial charge in [-0.25, -0.2) is 4.79 Å². The summed E-state index contributed by atoms with van der Waals surface area (Å²) in [6.07, 6.45) is 1.36. The van der Waals surface area contributed by atoms with E-state index >= 15 is 0 Å². The maximum Gasteiger partial charge on any atom is 0.339 e. The molecule has 5 nitrogen and oxygen atoms in total. The largest absolute Gasteiger partial charge is 0.493 e. The smallest absolute Gasteiger partial charge is 0.339 e. The number of aromatic carboxylic acids is 1. The van der Waals surface area contributed by atoms with Crippen molar-refractivity contribution in [1.29, 1.82) is 0 Å². The molecule has 5 heteroatoms. The lowest BCUT2D eigenvalue weighted by Crippen LogP contribution is -2.04. The third-order valence-corrected chi connectivity index (χ3v) is 2.88. The highest BCUT2D eigenvalue weighted by atomic mass is 16.5. The van der Waals surface area contributed by atoms with Crippen molar-refractivity contribution in [3.05, 3.63) is 36.0 Å². The molecule has 1 aromatic carbocycles. The minimum Gasteiger partial charge on any atom is -0.493 e. The summed E-state index contributed by atoms with van der Waals surface area (Å²) in [6, 6.07) is 7.38. The molecule has 1 heterocycles. The van der Waals surface area contributed by atoms with E-state index in [2.05, 4.69) is 18.9 Å². The number of carbonyl (C=O) groups is 1. The SMILES string of the molecule is CC(C)COc1ccc(-c2c(C(=O)O)cnn2C)cc1. The molecule has 0 atom stereocenters. The fourth-order valence-electron chi connectivity index (χ4n) is 1.91. The summed E-state index contributed by atoms with van der Waals surface area (Å²) in [4.78, 5) is 11.2. The van der Waals surface area contributed by atoms with Crippen LogP contribution in [-0.2, 0) is 7.05 Å². The van der Waals surface area contributed by atoms with Crippen LogP contribution in [0.4, 0.5) is 0 Å². The van der Waals surface area contributed by atoms with Gasteiger partial charge in [-0.3, -0.25) is 4.68 Å². The molecule has 20 heavy (non-hydrogen) atoms. The second-order valence-corrected chi connectivity index (χ2v) is 5.06. The van der Waals surface area contributed by atoms with Gasteiger partial charge in [-0.15, -0.1) is 0 Å². The minimum absolute atomic E-state index is 0.198. The van der Waals surface area contributed by atoms with Crippen LogP contribution in [0.3, 0.4) is 0 Å². The Hall–Kier alpha value is -2.30. The summed E-state index contributed by atoms with van der Waals surface area (Å²) >= 11 is 0. The Balaban J connectivity index is 2.26. The average Bonchev–Trinajstić information content (AvgIpc) is 2.79. The molecule has 0 aliphatic heterocycles. The maximum absolute atomic E-state index is 11.2. The lowest BCUT2D eigenvalue weighted by Gasteiger charge is -2.09. The molecule has 106 valence electrons. The predicted octanol–water partition coefficient (Wildman–Crippen LogP) is 2.82. The van der Waals surface area contributed by atoms with Gasteiger partial charge in [0.05, 0.1) is 18.5 Å². The van der Waals surface area contributed by atoms with Crippen molar-refractivity contribution in [2.75, 3.05) is 6.61 Å². The molecule has 0 fully saturated rings. The van der Waals surface area contributed by atoms with Crippen LogP contribution in [-0.4, -0.2) is 27.5 Å². The van der Waals surface area contributed by atoms with Gasteiger partial charge < -0.3 is 9.84 Å². The van der Waals surface area contributed by atoms with Crippen LogP contribution in [0.25, 0.3) is 11.3 Å². The van der Waals surface area contributed by atoms with E-state index < -0.39 is 5.97 Å². The molecule has 0 saturated heterocycles. The lowest BCUT2D eigenvalue weighted by atomic mass is 10.1. The molecule has 2 rings (SSSR count). The standard InChI is InChI=1S/C15H18N2O3/c1-10(2)9-20-12-6-4-11(5-7-12)14-13(15(18)19)8-16-17(14)3/h4-8,10H,9H2,1-3H3,(H,18,19). The molecule has 0 amide bonds. The Kier molecular flexibility index (Phi) is 4.08. The molecule has 1 N–H and O–H groups in total. The number of aryl methyl sites for hydroxylation is 1. The Morgan fingerprint density at radius 3 is 2.55 bits per heavy atom. The summed E-state index contributed by atoms with van der Waals surface area (Å²) in [5.74, 6) is 0.264. The monoisotopic (exact) mass is 274 g/mol. The molecule has 0 radical (unpaired) electrons. The number of hydrogen-bond acceptors (Lipinski definition) is 3. The minimum atomic E-state index is -0.978. The van der Waals surface area contributed by atoms with Gasteiger partial charge >= 0.3 is 5.97 Å². The van der Waals surface area contributed by atoms with Gasteiger partial charge in [0.25, 0.3) is 0 Å². The van der Waals surface area contributed by atoms with Gasteiger partial charge in [-0.2, -0.15) is 5.10 Å². The number of rotatable bonds is 5. The first-order chi connectivity index (χ1) is 9.49. The Morgan fingerprint density at radius 1 is 1.35 bits per heavy atom. The Morgan fingerprint density at radius 2 is 2.00 bits per heavy atom. The first-order valence-electron chi connectivity index (χ1n) is 6.47. The topological polar surface area (TPSA) is 64.3 Å². The van der Waals surface area contributed by atoms with E-state index in [0.29, 0.717) is 18.2 Å². The molecule has 1 aromatic heterocycles. The summed E-state index contributed by atoms with van der Waals surface area (Å²) in [5, 5.41) is 13.2. The van der Waals surface area contributed by atoms with Gasteiger partial charge in [0.2, 0.25) is 0 Å². The van der Waals surface area contributed by atoms with Crippen molar-refractivity contribution in [2.45, 2.75) is 13.8 Å². The van der Waals surface area contributed by atoms with Crippen molar-refractivity contribution >= 4 is 5.97 Å². The zero-order valence-corrected chi connectivity index (χ0v) is 11.8. The predicted molar refractivity (Wildman–Crippen MR) is 75.9 cm³/mol. The fraction of sp³-hybridized carbons (Fsp3) is 0.333. The molecule has 0 aliphatic carbocycles. The molecule has 0 unspecified atom stereocenters. The summed E-state index contributed by atoms with van der Waals surface area (Å²) in [6.45, 7) is 4.83. The van der Waals surface area contributed by atoms with Crippen LogP contribution in [0.2, 0.25) is 0 Å². The summed E-state index contributed by atoms with van der Waals surface area (Å²) < 4.78 is 7.17. The van der Waals surface area contributed by atoms with Gasteiger partial charge in [0, 0.05) is 12.6 Å². The number of aromatic nitrogens is 2. The fourth-order valence-corrected chi connectivity index (χ4v) is 1.91. The highest BCUT2D eigenvalue weighted by Gasteiger charge is 2.16. The maximum atomic E-state index is 11.2. The third kappa shape index (κ3) is 2.99. The van der Waals surface area contributed by atoms with Crippen LogP contribution >= 0.6 is 0 Å². The second kappa shape index (κ2) is 5.77. The third-order valence-electron chi connectivity index (χ3n) is 2.88. The van der Waals surface area contributed by atoms with Crippen molar-refractivity contribution in [3.8, 4) is 17.0 Å². The van der Waals surface area contributed by atoms with Crippen molar-refractivity contribution in [1.82, 2.24) is 9.78 Å². The number of carboxylic acids is 1. The van der Waals surface area contributed by atoms with Gasteiger partial charge in [-0.05, 0) is 30.2 Å². The summed E-state index contributed by atoms with van der Waals surface area (Å²) in [5.41, 5.74) is 1.59. The van der Waals surface area contributed by atoms with E-state index in [1.807, 2.05) is 24.3 Å². The van der Waals surface area contributed by atoms with Crippen molar-refractivity contribution in [3.63, 3.8) is 0 Å². The number of ether oxygens (including phenoxy) is 1. The van der Waals surface area contributed by atoms with E-state index in [9.17, 15) is 4.79 Å². The van der Waals surface area contributed by atoms with Gasteiger partial charge in [0.15, 0.2) is 0 Å². The molecule has 0 spiro atoms. The van der Waals surface area contributed by atoms with Crippen molar-refractivity contribution in [2.24, 2.45) is 13.0 Å². The van der Waals surface area contributed by atoms with E-state index in [-0.39, 0.29) is 5.56 Å². The second-order valence-electron chi connectivity index (χ2n) is 5.06. The van der Waals surface area contributed by atoms with E-state index in [0.717, 1.165) is 11.3 Å². The molecule has 0 aliphatic rings. The first kappa shape index (κ1) is 14.1. The van der Waals surface area contributed by atoms with Crippen LogP contribution < -0.4 is 4.74 Å². The molecule has 2 aromatic rings. The molecule has 0 bridgehead atoms. The van der Waals surface area contributed by atoms with Gasteiger partial charge in [-0.1, -0.05) is 13.8 Å². The van der Waals surface area contributed by atoms with E-state index in [1.165, 1.54) is 6.20 Å². The Bertz CT molecular complexity index is 600. The van der Waals surface area contributed by atoms with E-state index in [4.69, 9.17) is 9.84 Å². The average molecular weight is 274 g/mol. The highest BCUT2D eigenvalue weighted by Crippen LogP contribution is 2.25. The van der Waals surface area contributed by atoms with Crippen LogP contribution in [0, 0.1) is 5.92 Å². The zero-order valence-electron chi connectivity index (χ0n) is 11.8. The molecular weight excluding hydrogens is 256 g/mol. The summed E-state index contributed by atoms with van der Waals surface area (Å²) in [7, 11) is 1.73. The highest BCUT2D eigenvalue weighted by molar-refractivity contribution is 5.94. The quantitative estimate of drug-likeness (QED) is 0.910. The van der Waals surface area contributed by atoms with Crippen LogP contribution in [0.15, 0.2) is 30.5 Å². The van der Waals surface area contributed by atoms with E-state index in [1.54, 1.807) is 11.7 Å². The number of hydrogen-bond donors (Lipinski definition) is 1. The molecule has 0 saturated carbocycles. The zero-order chi connectivity index (χ0) is 14.7. The number of benzene rings is 1. The first-order valence-corrected chi connectivity index (χ1v) is 6.47. The van der Waals surface area contributed by atoms with Crippen LogP contribution in [0.1, 0.15) is 24.2 Å². The number of nitrogens with zero attached hydrogens (tertiary/aromatic N) is 2. The molecular formula is C15H18N2O3. The van der Waals surface area contributed by atoms with Crippen molar-refractivity contribution < 1.29 is 14.6 Å². The van der Waals surface area contributed by atoms with Crippen LogP contribution in [0.5, 0.6) is 5.75 Å². The normalized spacial score (nSPS) is 10.8.